The average Bonchev–Trinajstić information content (AvgIpc) is 2.76. The molecule has 0 heterocycles. The zero-order chi connectivity index (χ0) is 23.3. The zero-order valence-electron chi connectivity index (χ0n) is 18.7. The number of carbonyl (C=O) groups excluding carboxylic acids is 1. The molecule has 0 spiro atoms. The van der Waals surface area contributed by atoms with Crippen LogP contribution in [0, 0.1) is 20.8 Å². The third-order valence-electron chi connectivity index (χ3n) is 5.31. The highest BCUT2D eigenvalue weighted by molar-refractivity contribution is 7.92. The summed E-state index contributed by atoms with van der Waals surface area (Å²) < 4.78 is 33.9. The van der Waals surface area contributed by atoms with Crippen molar-refractivity contribution in [2.75, 3.05) is 10.0 Å². The van der Waals surface area contributed by atoms with Gasteiger partial charge in [-0.25, -0.2) is 8.42 Å². The third kappa shape index (κ3) is 5.48. The molecule has 0 aliphatic rings. The van der Waals surface area contributed by atoms with Crippen LogP contribution in [0.2, 0.25) is 0 Å². The monoisotopic (exact) mass is 452 g/mol. The maximum absolute atomic E-state index is 12.7. The van der Waals surface area contributed by atoms with Gasteiger partial charge in [0.1, 0.15) is 5.75 Å². The predicted octanol–water partition coefficient (Wildman–Crippen LogP) is 5.21. The molecule has 0 bridgehead atoms. The molecule has 0 aliphatic heterocycles. The number of sulfonamides is 1. The number of para-hydroxylation sites is 1. The SMILES string of the molecule is CCC(Oc1cccc(C)c1C)C(=O)Nc1ccc(S(=O)(=O)Nc2ccccc2C)cc1. The first kappa shape index (κ1) is 23.3. The summed E-state index contributed by atoms with van der Waals surface area (Å²) in [4.78, 5) is 12.8. The van der Waals surface area contributed by atoms with Gasteiger partial charge in [0.25, 0.3) is 15.9 Å². The molecule has 1 atom stereocenters. The number of anilines is 2. The molecule has 3 aromatic carbocycles. The van der Waals surface area contributed by atoms with Gasteiger partial charge < -0.3 is 10.1 Å². The maximum Gasteiger partial charge on any atom is 0.265 e. The fraction of sp³-hybridized carbons (Fsp3) is 0.240. The summed E-state index contributed by atoms with van der Waals surface area (Å²) in [7, 11) is -3.74. The second kappa shape index (κ2) is 9.87. The molecule has 1 unspecified atom stereocenters. The van der Waals surface area contributed by atoms with E-state index < -0.39 is 16.1 Å². The van der Waals surface area contributed by atoms with Gasteiger partial charge in [-0.15, -0.1) is 0 Å². The first-order valence-electron chi connectivity index (χ1n) is 10.4. The largest absolute Gasteiger partial charge is 0.480 e. The number of hydrogen-bond donors (Lipinski definition) is 2. The Labute approximate surface area is 189 Å². The summed E-state index contributed by atoms with van der Waals surface area (Å²) in [5, 5.41) is 2.81. The smallest absolute Gasteiger partial charge is 0.265 e. The number of rotatable bonds is 8. The molecule has 6 nitrogen and oxygen atoms in total. The van der Waals surface area contributed by atoms with Crippen molar-refractivity contribution in [3.05, 3.63) is 83.4 Å². The minimum Gasteiger partial charge on any atom is -0.480 e. The number of carbonyl (C=O) groups is 1. The molecule has 32 heavy (non-hydrogen) atoms. The van der Waals surface area contributed by atoms with Crippen molar-refractivity contribution in [1.82, 2.24) is 0 Å². The molecule has 0 saturated carbocycles. The van der Waals surface area contributed by atoms with Crippen LogP contribution in [0.3, 0.4) is 0 Å². The van der Waals surface area contributed by atoms with E-state index in [9.17, 15) is 13.2 Å². The van der Waals surface area contributed by atoms with Crippen molar-refractivity contribution >= 4 is 27.3 Å². The van der Waals surface area contributed by atoms with Crippen molar-refractivity contribution in [3.8, 4) is 5.75 Å². The van der Waals surface area contributed by atoms with E-state index in [2.05, 4.69) is 10.0 Å². The van der Waals surface area contributed by atoms with Crippen molar-refractivity contribution < 1.29 is 17.9 Å². The lowest BCUT2D eigenvalue weighted by atomic mass is 10.1. The van der Waals surface area contributed by atoms with Crippen LogP contribution in [0.15, 0.2) is 71.6 Å². The number of aryl methyl sites for hydroxylation is 2. The van der Waals surface area contributed by atoms with Gasteiger partial charge in [-0.1, -0.05) is 37.3 Å². The number of amides is 1. The molecule has 2 N–H and O–H groups in total. The normalized spacial score (nSPS) is 12.1. The van der Waals surface area contributed by atoms with Crippen LogP contribution in [0.25, 0.3) is 0 Å². The fourth-order valence-corrected chi connectivity index (χ4v) is 4.29. The second-order valence-electron chi connectivity index (χ2n) is 7.65. The molecular formula is C25H28N2O4S. The van der Waals surface area contributed by atoms with E-state index >= 15 is 0 Å². The van der Waals surface area contributed by atoms with Crippen LogP contribution < -0.4 is 14.8 Å². The van der Waals surface area contributed by atoms with Gasteiger partial charge in [-0.2, -0.15) is 0 Å². The molecule has 0 aromatic heterocycles. The standard InChI is InChI=1S/C25H28N2O4S/c1-5-23(31-24-12-8-10-17(2)19(24)4)25(28)26-20-13-15-21(16-14-20)32(29,30)27-22-11-7-6-9-18(22)3/h6-16,23,27H,5H2,1-4H3,(H,26,28). The highest BCUT2D eigenvalue weighted by Gasteiger charge is 2.20. The number of hydrogen-bond acceptors (Lipinski definition) is 4. The second-order valence-corrected chi connectivity index (χ2v) is 9.33. The van der Waals surface area contributed by atoms with Crippen LogP contribution in [-0.2, 0) is 14.8 Å². The minimum absolute atomic E-state index is 0.109. The highest BCUT2D eigenvalue weighted by atomic mass is 32.2. The lowest BCUT2D eigenvalue weighted by Crippen LogP contribution is -2.32. The van der Waals surface area contributed by atoms with Crippen LogP contribution >= 0.6 is 0 Å². The number of benzene rings is 3. The summed E-state index contributed by atoms with van der Waals surface area (Å²) in [6, 6.07) is 18.9. The molecule has 1 amide bonds. The van der Waals surface area contributed by atoms with Gasteiger partial charge in [0.05, 0.1) is 10.6 Å². The van der Waals surface area contributed by atoms with E-state index in [0.29, 0.717) is 23.5 Å². The van der Waals surface area contributed by atoms with Gasteiger partial charge in [-0.3, -0.25) is 9.52 Å². The molecule has 0 saturated heterocycles. The molecule has 3 rings (SSSR count). The fourth-order valence-electron chi connectivity index (χ4n) is 3.16. The van der Waals surface area contributed by atoms with E-state index in [1.807, 2.05) is 58.0 Å². The van der Waals surface area contributed by atoms with Gasteiger partial charge in [0.15, 0.2) is 6.10 Å². The molecule has 0 aliphatic carbocycles. The molecule has 7 heteroatoms. The van der Waals surface area contributed by atoms with Crippen LogP contribution in [0.5, 0.6) is 5.75 Å². The highest BCUT2D eigenvalue weighted by Crippen LogP contribution is 2.24. The molecule has 0 radical (unpaired) electrons. The Hall–Kier alpha value is -3.32. The Kier molecular flexibility index (Phi) is 7.20. The van der Waals surface area contributed by atoms with Gasteiger partial charge >= 0.3 is 0 Å². The van der Waals surface area contributed by atoms with Crippen molar-refractivity contribution in [2.45, 2.75) is 45.1 Å². The topological polar surface area (TPSA) is 84.5 Å². The quantitative estimate of drug-likeness (QED) is 0.491. The summed E-state index contributed by atoms with van der Waals surface area (Å²) in [5.41, 5.74) is 3.94. The minimum atomic E-state index is -3.74. The van der Waals surface area contributed by atoms with Gasteiger partial charge in [-0.05, 0) is 80.3 Å². The van der Waals surface area contributed by atoms with E-state index in [0.717, 1.165) is 16.7 Å². The predicted molar refractivity (Wildman–Crippen MR) is 128 cm³/mol. The first-order valence-corrected chi connectivity index (χ1v) is 11.9. The zero-order valence-corrected chi connectivity index (χ0v) is 19.5. The summed E-state index contributed by atoms with van der Waals surface area (Å²) in [6.07, 6.45) is -0.173. The van der Waals surface area contributed by atoms with Crippen LogP contribution in [-0.4, -0.2) is 20.4 Å². The maximum atomic E-state index is 12.7. The Balaban J connectivity index is 1.69. The van der Waals surface area contributed by atoms with E-state index in [4.69, 9.17) is 4.74 Å². The average molecular weight is 453 g/mol. The van der Waals surface area contributed by atoms with Gasteiger partial charge in [0, 0.05) is 5.69 Å². The van der Waals surface area contributed by atoms with Crippen LogP contribution in [0.4, 0.5) is 11.4 Å². The van der Waals surface area contributed by atoms with Gasteiger partial charge in [0.2, 0.25) is 0 Å². The Morgan fingerprint density at radius 2 is 1.56 bits per heavy atom. The molecule has 0 fully saturated rings. The Morgan fingerprint density at radius 1 is 0.906 bits per heavy atom. The Bertz CT molecular complexity index is 1200. The van der Waals surface area contributed by atoms with Crippen molar-refractivity contribution in [3.63, 3.8) is 0 Å². The number of nitrogens with one attached hydrogen (secondary N) is 2. The van der Waals surface area contributed by atoms with Crippen LogP contribution in [0.1, 0.15) is 30.0 Å². The number of ether oxygens (including phenoxy) is 1. The van der Waals surface area contributed by atoms with Crippen molar-refractivity contribution in [2.24, 2.45) is 0 Å². The third-order valence-corrected chi connectivity index (χ3v) is 6.69. The molecule has 168 valence electrons. The Morgan fingerprint density at radius 3 is 2.22 bits per heavy atom. The first-order chi connectivity index (χ1) is 15.2. The summed E-state index contributed by atoms with van der Waals surface area (Å²) >= 11 is 0. The lowest BCUT2D eigenvalue weighted by Gasteiger charge is -2.19. The lowest BCUT2D eigenvalue weighted by molar-refractivity contribution is -0.122. The summed E-state index contributed by atoms with van der Waals surface area (Å²) in [5.74, 6) is 0.387. The van der Waals surface area contributed by atoms with E-state index in [-0.39, 0.29) is 10.8 Å². The molecule has 3 aromatic rings. The molecular weight excluding hydrogens is 424 g/mol. The van der Waals surface area contributed by atoms with E-state index in [1.54, 1.807) is 24.3 Å². The van der Waals surface area contributed by atoms with E-state index in [1.165, 1.54) is 12.1 Å². The summed E-state index contributed by atoms with van der Waals surface area (Å²) in [6.45, 7) is 7.66. The van der Waals surface area contributed by atoms with Crippen molar-refractivity contribution in [1.29, 1.82) is 0 Å².